The van der Waals surface area contributed by atoms with Gasteiger partial charge in [0, 0.05) is 35.8 Å². The number of ether oxygens (including phenoxy) is 1. The lowest BCUT2D eigenvalue weighted by molar-refractivity contribution is 0.407. The standard InChI is InChI=1S/C16H22N2OS/c1-12(17)16-14(7-4-8-15(16)19-3)18(2)10-9-13-6-5-11-20-13/h4-8,11-12H,9-10,17H2,1-3H3. The van der Waals surface area contributed by atoms with Crippen molar-refractivity contribution >= 4 is 17.0 Å². The second-order valence-corrected chi connectivity index (χ2v) is 5.96. The van der Waals surface area contributed by atoms with E-state index >= 15 is 0 Å². The van der Waals surface area contributed by atoms with Gasteiger partial charge in [-0.05, 0) is 36.9 Å². The Morgan fingerprint density at radius 2 is 2.10 bits per heavy atom. The molecule has 2 rings (SSSR count). The van der Waals surface area contributed by atoms with E-state index < -0.39 is 0 Å². The zero-order chi connectivity index (χ0) is 14.5. The first-order valence-corrected chi connectivity index (χ1v) is 7.67. The second kappa shape index (κ2) is 6.77. The molecule has 0 bridgehead atoms. The fourth-order valence-electron chi connectivity index (χ4n) is 2.35. The zero-order valence-corrected chi connectivity index (χ0v) is 13.1. The van der Waals surface area contributed by atoms with Crippen LogP contribution in [0.15, 0.2) is 35.7 Å². The van der Waals surface area contributed by atoms with Gasteiger partial charge >= 0.3 is 0 Å². The molecule has 0 amide bonds. The Hall–Kier alpha value is -1.52. The highest BCUT2D eigenvalue weighted by Gasteiger charge is 2.15. The smallest absolute Gasteiger partial charge is 0.125 e. The summed E-state index contributed by atoms with van der Waals surface area (Å²) in [5, 5.41) is 2.12. The molecule has 0 saturated carbocycles. The minimum atomic E-state index is -0.0506. The molecule has 0 aliphatic rings. The summed E-state index contributed by atoms with van der Waals surface area (Å²) in [5.74, 6) is 0.862. The van der Waals surface area contributed by atoms with Crippen LogP contribution >= 0.6 is 11.3 Å². The van der Waals surface area contributed by atoms with Crippen molar-refractivity contribution < 1.29 is 4.74 Å². The average molecular weight is 290 g/mol. The Labute approximate surface area is 125 Å². The van der Waals surface area contributed by atoms with Crippen LogP contribution in [0.2, 0.25) is 0 Å². The van der Waals surface area contributed by atoms with Gasteiger partial charge in [-0.25, -0.2) is 0 Å². The molecule has 0 spiro atoms. The molecule has 1 aromatic heterocycles. The highest BCUT2D eigenvalue weighted by Crippen LogP contribution is 2.33. The first kappa shape index (κ1) is 14.9. The maximum Gasteiger partial charge on any atom is 0.125 e. The van der Waals surface area contributed by atoms with Gasteiger partial charge in [0.25, 0.3) is 0 Å². The molecule has 108 valence electrons. The minimum Gasteiger partial charge on any atom is -0.496 e. The van der Waals surface area contributed by atoms with Crippen LogP contribution < -0.4 is 15.4 Å². The van der Waals surface area contributed by atoms with Gasteiger partial charge in [0.15, 0.2) is 0 Å². The number of anilines is 1. The van der Waals surface area contributed by atoms with Crippen LogP contribution in [0.25, 0.3) is 0 Å². The van der Waals surface area contributed by atoms with Gasteiger partial charge in [-0.2, -0.15) is 0 Å². The summed E-state index contributed by atoms with van der Waals surface area (Å²) in [7, 11) is 3.80. The Balaban J connectivity index is 2.18. The SMILES string of the molecule is COc1cccc(N(C)CCc2cccs2)c1C(C)N. The molecular formula is C16H22N2OS. The van der Waals surface area contributed by atoms with Gasteiger partial charge < -0.3 is 15.4 Å². The molecule has 0 fully saturated rings. The highest BCUT2D eigenvalue weighted by atomic mass is 32.1. The van der Waals surface area contributed by atoms with E-state index in [2.05, 4.69) is 35.5 Å². The molecule has 0 aliphatic heterocycles. The fourth-order valence-corrected chi connectivity index (χ4v) is 3.05. The van der Waals surface area contributed by atoms with Crippen molar-refractivity contribution in [3.8, 4) is 5.75 Å². The minimum absolute atomic E-state index is 0.0506. The summed E-state index contributed by atoms with van der Waals surface area (Å²) in [6.07, 6.45) is 1.05. The highest BCUT2D eigenvalue weighted by molar-refractivity contribution is 7.09. The number of benzene rings is 1. The molecule has 0 saturated heterocycles. The molecule has 0 aliphatic carbocycles. The molecule has 2 aromatic rings. The summed E-state index contributed by atoms with van der Waals surface area (Å²) in [6.45, 7) is 2.96. The molecule has 1 aromatic carbocycles. The van der Waals surface area contributed by atoms with Gasteiger partial charge in [0.2, 0.25) is 0 Å². The lowest BCUT2D eigenvalue weighted by Gasteiger charge is -2.25. The molecule has 1 atom stereocenters. The van der Waals surface area contributed by atoms with Crippen molar-refractivity contribution in [1.29, 1.82) is 0 Å². The Kier molecular flexibility index (Phi) is 5.04. The number of hydrogen-bond acceptors (Lipinski definition) is 4. The topological polar surface area (TPSA) is 38.5 Å². The number of rotatable bonds is 6. The van der Waals surface area contributed by atoms with Crippen molar-refractivity contribution in [2.75, 3.05) is 25.6 Å². The number of hydrogen-bond donors (Lipinski definition) is 1. The van der Waals surface area contributed by atoms with Gasteiger partial charge in [-0.3, -0.25) is 0 Å². The van der Waals surface area contributed by atoms with Crippen LogP contribution in [0.1, 0.15) is 23.4 Å². The normalized spacial score (nSPS) is 12.2. The van der Waals surface area contributed by atoms with Crippen molar-refractivity contribution in [2.24, 2.45) is 5.73 Å². The second-order valence-electron chi connectivity index (χ2n) is 4.93. The number of methoxy groups -OCH3 is 1. The maximum atomic E-state index is 6.11. The average Bonchev–Trinajstić information content (AvgIpc) is 2.96. The van der Waals surface area contributed by atoms with Crippen molar-refractivity contribution in [2.45, 2.75) is 19.4 Å². The number of thiophene rings is 1. The molecule has 0 radical (unpaired) electrons. The maximum absolute atomic E-state index is 6.11. The van der Waals surface area contributed by atoms with E-state index in [9.17, 15) is 0 Å². The van der Waals surface area contributed by atoms with E-state index in [1.165, 1.54) is 4.88 Å². The van der Waals surface area contributed by atoms with E-state index in [1.807, 2.05) is 19.1 Å². The van der Waals surface area contributed by atoms with Gasteiger partial charge in [0.1, 0.15) is 5.75 Å². The summed E-state index contributed by atoms with van der Waals surface area (Å²) < 4.78 is 5.44. The van der Waals surface area contributed by atoms with E-state index in [-0.39, 0.29) is 6.04 Å². The zero-order valence-electron chi connectivity index (χ0n) is 12.3. The van der Waals surface area contributed by atoms with Crippen LogP contribution in [-0.2, 0) is 6.42 Å². The quantitative estimate of drug-likeness (QED) is 0.885. The first-order chi connectivity index (χ1) is 9.63. The van der Waals surface area contributed by atoms with Crippen molar-refractivity contribution in [1.82, 2.24) is 0 Å². The van der Waals surface area contributed by atoms with Gasteiger partial charge in [-0.15, -0.1) is 11.3 Å². The molecular weight excluding hydrogens is 268 g/mol. The summed E-state index contributed by atoms with van der Waals surface area (Å²) >= 11 is 1.80. The van der Waals surface area contributed by atoms with Crippen LogP contribution in [-0.4, -0.2) is 20.7 Å². The number of likely N-dealkylation sites (N-methyl/N-ethyl adjacent to an activating group) is 1. The third-order valence-electron chi connectivity index (χ3n) is 3.40. The summed E-state index contributed by atoms with van der Waals surface area (Å²) in [6, 6.07) is 10.3. The van der Waals surface area contributed by atoms with Gasteiger partial charge in [-0.1, -0.05) is 12.1 Å². The van der Waals surface area contributed by atoms with E-state index in [1.54, 1.807) is 18.4 Å². The van der Waals surface area contributed by atoms with Crippen LogP contribution in [0.4, 0.5) is 5.69 Å². The van der Waals surface area contributed by atoms with E-state index in [0.29, 0.717) is 0 Å². The molecule has 4 heteroatoms. The summed E-state index contributed by atoms with van der Waals surface area (Å²) in [4.78, 5) is 3.66. The molecule has 1 heterocycles. The van der Waals surface area contributed by atoms with Crippen LogP contribution in [0.5, 0.6) is 5.75 Å². The Bertz CT molecular complexity index is 537. The summed E-state index contributed by atoms with van der Waals surface area (Å²) in [5.41, 5.74) is 8.34. The predicted octanol–water partition coefficient (Wildman–Crippen LogP) is 3.46. The lowest BCUT2D eigenvalue weighted by Crippen LogP contribution is -2.23. The van der Waals surface area contributed by atoms with E-state index in [4.69, 9.17) is 10.5 Å². The number of nitrogens with two attached hydrogens (primary N) is 1. The van der Waals surface area contributed by atoms with Crippen molar-refractivity contribution in [3.63, 3.8) is 0 Å². The number of nitrogens with zero attached hydrogens (tertiary/aromatic N) is 1. The predicted molar refractivity (Wildman–Crippen MR) is 86.9 cm³/mol. The third kappa shape index (κ3) is 3.32. The Morgan fingerprint density at radius 1 is 1.30 bits per heavy atom. The fraction of sp³-hybridized carbons (Fsp3) is 0.375. The monoisotopic (exact) mass is 290 g/mol. The van der Waals surface area contributed by atoms with Crippen molar-refractivity contribution in [3.05, 3.63) is 46.2 Å². The molecule has 20 heavy (non-hydrogen) atoms. The molecule has 2 N–H and O–H groups in total. The van der Waals surface area contributed by atoms with Crippen LogP contribution in [0.3, 0.4) is 0 Å². The largest absolute Gasteiger partial charge is 0.496 e. The Morgan fingerprint density at radius 3 is 2.70 bits per heavy atom. The first-order valence-electron chi connectivity index (χ1n) is 6.79. The van der Waals surface area contributed by atoms with Gasteiger partial charge in [0.05, 0.1) is 7.11 Å². The van der Waals surface area contributed by atoms with E-state index in [0.717, 1.165) is 30.0 Å². The lowest BCUT2D eigenvalue weighted by atomic mass is 10.0. The molecule has 1 unspecified atom stereocenters. The molecule has 3 nitrogen and oxygen atoms in total. The third-order valence-corrected chi connectivity index (χ3v) is 4.34. The van der Waals surface area contributed by atoms with Crippen LogP contribution in [0, 0.1) is 0 Å².